The van der Waals surface area contributed by atoms with E-state index in [1.165, 1.54) is 5.56 Å². The Hall–Kier alpha value is -2.45. The second kappa shape index (κ2) is 8.70. The van der Waals surface area contributed by atoms with Crippen LogP contribution < -0.4 is 5.32 Å². The van der Waals surface area contributed by atoms with Gasteiger partial charge in [-0.3, -0.25) is 4.98 Å². The highest BCUT2D eigenvalue weighted by Crippen LogP contribution is 2.36. The fourth-order valence-electron chi connectivity index (χ4n) is 3.91. The van der Waals surface area contributed by atoms with Crippen LogP contribution >= 0.6 is 0 Å². The van der Waals surface area contributed by atoms with Gasteiger partial charge in [-0.1, -0.05) is 25.8 Å². The number of aliphatic hydroxyl groups excluding tert-OH is 1. The third-order valence-corrected chi connectivity index (χ3v) is 5.76. The number of terminal acetylenes is 1. The summed E-state index contributed by atoms with van der Waals surface area (Å²) in [6.45, 7) is 6.26. The number of anilines is 1. The van der Waals surface area contributed by atoms with Crippen LogP contribution in [0.3, 0.4) is 0 Å². The van der Waals surface area contributed by atoms with Crippen LogP contribution in [0.5, 0.6) is 0 Å². The first-order valence-corrected chi connectivity index (χ1v) is 10.1. The van der Waals surface area contributed by atoms with Crippen LogP contribution in [0, 0.1) is 24.7 Å². The second-order valence-electron chi connectivity index (χ2n) is 8.42. The standard InChI is InChI=1S/C23H30N4O/c1-5-17-15-25-21(10-6-8-18-9-7-13-24-16(18)2)27-22(17)26-19-11-12-20(28)23(3,4)14-19/h1,7,9,13,15,19-20,28H,6,8,10-12,14H2,2-4H3,(H,25,26,27)/t19-,20+/m1/s1. The van der Waals surface area contributed by atoms with Crippen molar-refractivity contribution in [1.82, 2.24) is 15.0 Å². The molecule has 28 heavy (non-hydrogen) atoms. The van der Waals surface area contributed by atoms with Gasteiger partial charge in [-0.15, -0.1) is 6.42 Å². The number of aromatic nitrogens is 3. The Morgan fingerprint density at radius 3 is 2.82 bits per heavy atom. The molecule has 3 rings (SSSR count). The predicted molar refractivity (Wildman–Crippen MR) is 112 cm³/mol. The molecule has 5 nitrogen and oxygen atoms in total. The van der Waals surface area contributed by atoms with Crippen molar-refractivity contribution >= 4 is 5.82 Å². The minimum absolute atomic E-state index is 0.107. The fourth-order valence-corrected chi connectivity index (χ4v) is 3.91. The lowest BCUT2D eigenvalue weighted by Gasteiger charge is -2.40. The highest BCUT2D eigenvalue weighted by Gasteiger charge is 2.35. The summed E-state index contributed by atoms with van der Waals surface area (Å²) in [6, 6.07) is 4.36. The summed E-state index contributed by atoms with van der Waals surface area (Å²) >= 11 is 0. The van der Waals surface area contributed by atoms with E-state index in [1.54, 1.807) is 6.20 Å². The largest absolute Gasteiger partial charge is 0.393 e. The highest BCUT2D eigenvalue weighted by atomic mass is 16.3. The van der Waals surface area contributed by atoms with E-state index >= 15 is 0 Å². The zero-order valence-electron chi connectivity index (χ0n) is 17.1. The van der Waals surface area contributed by atoms with Crippen molar-refractivity contribution in [3.8, 4) is 12.3 Å². The van der Waals surface area contributed by atoms with Crippen molar-refractivity contribution < 1.29 is 5.11 Å². The number of pyridine rings is 1. The monoisotopic (exact) mass is 378 g/mol. The van der Waals surface area contributed by atoms with E-state index < -0.39 is 0 Å². The molecule has 0 aromatic carbocycles. The van der Waals surface area contributed by atoms with Gasteiger partial charge >= 0.3 is 0 Å². The first-order valence-electron chi connectivity index (χ1n) is 10.1. The second-order valence-corrected chi connectivity index (χ2v) is 8.42. The maximum Gasteiger partial charge on any atom is 0.145 e. The van der Waals surface area contributed by atoms with Gasteiger partial charge in [0.15, 0.2) is 0 Å². The smallest absolute Gasteiger partial charge is 0.145 e. The van der Waals surface area contributed by atoms with Crippen LogP contribution in [-0.2, 0) is 12.8 Å². The molecule has 2 N–H and O–H groups in total. The number of nitrogens with one attached hydrogen (secondary N) is 1. The third kappa shape index (κ3) is 4.88. The average molecular weight is 379 g/mol. The average Bonchev–Trinajstić information content (AvgIpc) is 2.66. The molecule has 1 saturated carbocycles. The van der Waals surface area contributed by atoms with E-state index in [0.29, 0.717) is 5.56 Å². The lowest BCUT2D eigenvalue weighted by molar-refractivity contribution is 0.00926. The van der Waals surface area contributed by atoms with Gasteiger partial charge in [-0.05, 0) is 56.1 Å². The molecule has 148 valence electrons. The van der Waals surface area contributed by atoms with Crippen molar-refractivity contribution in [2.24, 2.45) is 5.41 Å². The Labute approximate surface area is 168 Å². The highest BCUT2D eigenvalue weighted by molar-refractivity contribution is 5.52. The minimum Gasteiger partial charge on any atom is -0.393 e. The molecule has 0 amide bonds. The van der Waals surface area contributed by atoms with Crippen molar-refractivity contribution in [3.05, 3.63) is 47.2 Å². The normalized spacial score (nSPS) is 21.1. The fraction of sp³-hybridized carbons (Fsp3) is 0.522. The number of nitrogens with zero attached hydrogens (tertiary/aromatic N) is 3. The molecule has 0 aliphatic heterocycles. The molecule has 1 fully saturated rings. The summed E-state index contributed by atoms with van der Waals surface area (Å²) < 4.78 is 0. The molecule has 0 radical (unpaired) electrons. The molecule has 1 aliphatic rings. The van der Waals surface area contributed by atoms with Gasteiger partial charge in [-0.2, -0.15) is 0 Å². The predicted octanol–water partition coefficient (Wildman–Crippen LogP) is 3.69. The van der Waals surface area contributed by atoms with E-state index in [2.05, 4.69) is 41.1 Å². The first-order chi connectivity index (χ1) is 13.4. The molecule has 2 atom stereocenters. The lowest BCUT2D eigenvalue weighted by atomic mass is 9.73. The molecule has 2 heterocycles. The van der Waals surface area contributed by atoms with Crippen LogP contribution in [0.1, 0.15) is 62.2 Å². The van der Waals surface area contributed by atoms with E-state index in [-0.39, 0.29) is 17.6 Å². The van der Waals surface area contributed by atoms with Gasteiger partial charge in [-0.25, -0.2) is 9.97 Å². The Morgan fingerprint density at radius 2 is 2.11 bits per heavy atom. The topological polar surface area (TPSA) is 70.9 Å². The third-order valence-electron chi connectivity index (χ3n) is 5.76. The van der Waals surface area contributed by atoms with Gasteiger partial charge in [0.2, 0.25) is 0 Å². The van der Waals surface area contributed by atoms with E-state index in [4.69, 9.17) is 11.4 Å². The summed E-state index contributed by atoms with van der Waals surface area (Å²) in [5, 5.41) is 13.7. The molecule has 0 saturated heterocycles. The molecule has 0 spiro atoms. The SMILES string of the molecule is C#Cc1cnc(CCCc2cccnc2C)nc1N[C@@H]1CC[C@H](O)C(C)(C)C1. The lowest BCUT2D eigenvalue weighted by Crippen LogP contribution is -2.41. The molecule has 2 aromatic rings. The Bertz CT molecular complexity index is 856. The number of aliphatic hydroxyl groups is 1. The summed E-state index contributed by atoms with van der Waals surface area (Å²) in [4.78, 5) is 13.5. The molecule has 5 heteroatoms. The quantitative estimate of drug-likeness (QED) is 0.750. The van der Waals surface area contributed by atoms with Crippen LogP contribution in [-0.4, -0.2) is 32.2 Å². The summed E-state index contributed by atoms with van der Waals surface area (Å²) in [7, 11) is 0. The van der Waals surface area contributed by atoms with Crippen molar-refractivity contribution in [2.75, 3.05) is 5.32 Å². The molecule has 0 bridgehead atoms. The van der Waals surface area contributed by atoms with Crippen LogP contribution in [0.2, 0.25) is 0 Å². The van der Waals surface area contributed by atoms with Crippen molar-refractivity contribution in [2.45, 2.75) is 71.4 Å². The summed E-state index contributed by atoms with van der Waals surface area (Å²) in [5.41, 5.74) is 2.93. The van der Waals surface area contributed by atoms with E-state index in [9.17, 15) is 5.11 Å². The zero-order chi connectivity index (χ0) is 20.1. The van der Waals surface area contributed by atoms with Gasteiger partial charge < -0.3 is 10.4 Å². The van der Waals surface area contributed by atoms with E-state index in [0.717, 1.165) is 55.9 Å². The first kappa shape index (κ1) is 20.3. The number of hydrogen-bond donors (Lipinski definition) is 2. The van der Waals surface area contributed by atoms with Crippen molar-refractivity contribution in [1.29, 1.82) is 0 Å². The van der Waals surface area contributed by atoms with Gasteiger partial charge in [0.05, 0.1) is 11.7 Å². The van der Waals surface area contributed by atoms with Crippen LogP contribution in [0.4, 0.5) is 5.82 Å². The Kier molecular flexibility index (Phi) is 6.31. The molecular weight excluding hydrogens is 348 g/mol. The Balaban J connectivity index is 1.65. The van der Waals surface area contributed by atoms with E-state index in [1.807, 2.05) is 19.2 Å². The maximum atomic E-state index is 10.2. The molecule has 1 aliphatic carbocycles. The summed E-state index contributed by atoms with van der Waals surface area (Å²) in [6.07, 6.45) is 14.3. The van der Waals surface area contributed by atoms with Gasteiger partial charge in [0.25, 0.3) is 0 Å². The van der Waals surface area contributed by atoms with Crippen LogP contribution in [0.25, 0.3) is 0 Å². The molecule has 0 unspecified atom stereocenters. The Morgan fingerprint density at radius 1 is 1.29 bits per heavy atom. The minimum atomic E-state index is -0.255. The maximum absolute atomic E-state index is 10.2. The molecule has 2 aromatic heterocycles. The van der Waals surface area contributed by atoms with Crippen molar-refractivity contribution in [3.63, 3.8) is 0 Å². The summed E-state index contributed by atoms with van der Waals surface area (Å²) in [5.74, 6) is 4.23. The molecular formula is C23H30N4O. The number of hydrogen-bond acceptors (Lipinski definition) is 5. The number of aryl methyl sites for hydroxylation is 3. The van der Waals surface area contributed by atoms with Gasteiger partial charge in [0.1, 0.15) is 11.6 Å². The zero-order valence-corrected chi connectivity index (χ0v) is 17.1. The van der Waals surface area contributed by atoms with Crippen LogP contribution in [0.15, 0.2) is 24.5 Å². The van der Waals surface area contributed by atoms with Gasteiger partial charge in [0, 0.05) is 30.6 Å². The number of rotatable bonds is 6.